The minimum atomic E-state index is -1.06. The number of benzene rings is 1. The fourth-order valence-electron chi connectivity index (χ4n) is 3.00. The predicted molar refractivity (Wildman–Crippen MR) is 120 cm³/mol. The summed E-state index contributed by atoms with van der Waals surface area (Å²) < 4.78 is 5.49. The Bertz CT molecular complexity index is 771. The largest absolute Gasteiger partial charge is 0.481 e. The number of unbranched alkanes of at least 4 members (excludes halogenated alkanes) is 5. The Morgan fingerprint density at radius 1 is 0.969 bits per heavy atom. The first kappa shape index (κ1) is 26.9. The van der Waals surface area contributed by atoms with E-state index in [0.717, 1.165) is 31.8 Å². The highest BCUT2D eigenvalue weighted by Gasteiger charge is 2.23. The molecule has 176 valence electrons. The summed E-state index contributed by atoms with van der Waals surface area (Å²) in [6.45, 7) is 2.48. The highest BCUT2D eigenvalue weighted by molar-refractivity contribution is 5.92. The van der Waals surface area contributed by atoms with Crippen molar-refractivity contribution in [3.63, 3.8) is 0 Å². The lowest BCUT2D eigenvalue weighted by Gasteiger charge is -2.18. The average Bonchev–Trinajstić information content (AvgIpc) is 2.76. The van der Waals surface area contributed by atoms with Gasteiger partial charge in [-0.25, -0.2) is 9.59 Å². The van der Waals surface area contributed by atoms with Crippen molar-refractivity contribution in [3.8, 4) is 0 Å². The van der Waals surface area contributed by atoms with Gasteiger partial charge in [-0.05, 0) is 49.5 Å². The van der Waals surface area contributed by atoms with Gasteiger partial charge in [0.2, 0.25) is 0 Å². The molecule has 8 heteroatoms. The Balaban J connectivity index is 2.63. The molecule has 0 bridgehead atoms. The summed E-state index contributed by atoms with van der Waals surface area (Å²) in [6.07, 6.45) is 7.75. The molecule has 0 saturated heterocycles. The van der Waals surface area contributed by atoms with E-state index >= 15 is 0 Å². The van der Waals surface area contributed by atoms with Gasteiger partial charge in [-0.2, -0.15) is 0 Å². The molecule has 1 aromatic carbocycles. The summed E-state index contributed by atoms with van der Waals surface area (Å²) in [5, 5.41) is 20.1. The van der Waals surface area contributed by atoms with Crippen molar-refractivity contribution in [1.29, 1.82) is 0 Å². The molecule has 0 aliphatic rings. The van der Waals surface area contributed by atoms with Crippen LogP contribution in [0.25, 0.3) is 6.08 Å². The summed E-state index contributed by atoms with van der Waals surface area (Å²) in [6, 6.07) is 6.25. The van der Waals surface area contributed by atoms with Crippen LogP contribution in [0.5, 0.6) is 0 Å². The number of amides is 1. The number of carbonyl (C=O) groups excluding carboxylic acids is 2. The van der Waals surface area contributed by atoms with Gasteiger partial charge in [0.05, 0.1) is 5.56 Å². The van der Waals surface area contributed by atoms with Crippen LogP contribution in [-0.4, -0.2) is 46.7 Å². The third-order valence-corrected chi connectivity index (χ3v) is 4.79. The highest BCUT2D eigenvalue weighted by atomic mass is 16.5. The molecule has 0 aromatic heterocycles. The van der Waals surface area contributed by atoms with E-state index in [2.05, 4.69) is 12.2 Å². The number of rotatable bonds is 16. The van der Waals surface area contributed by atoms with Crippen molar-refractivity contribution in [2.75, 3.05) is 6.54 Å². The molecule has 0 spiro atoms. The molecule has 3 N–H and O–H groups in total. The number of esters is 1. The van der Waals surface area contributed by atoms with Gasteiger partial charge < -0.3 is 20.3 Å². The Morgan fingerprint density at radius 2 is 1.66 bits per heavy atom. The van der Waals surface area contributed by atoms with Gasteiger partial charge in [-0.15, -0.1) is 0 Å². The molecule has 8 nitrogen and oxygen atoms in total. The molecule has 0 radical (unpaired) electrons. The maximum atomic E-state index is 12.6. The third-order valence-electron chi connectivity index (χ3n) is 4.79. The molecule has 1 amide bonds. The second-order valence-electron chi connectivity index (χ2n) is 7.53. The number of hydrogen-bond donors (Lipinski definition) is 3. The molecule has 0 saturated carbocycles. The van der Waals surface area contributed by atoms with E-state index in [1.165, 1.54) is 18.2 Å². The Labute approximate surface area is 188 Å². The first-order valence-corrected chi connectivity index (χ1v) is 11.0. The van der Waals surface area contributed by atoms with Crippen LogP contribution in [0.2, 0.25) is 0 Å². The molecule has 1 aromatic rings. The average molecular weight is 448 g/mol. The van der Waals surface area contributed by atoms with Crippen LogP contribution in [0.4, 0.5) is 0 Å². The zero-order valence-corrected chi connectivity index (χ0v) is 18.5. The molecule has 32 heavy (non-hydrogen) atoms. The van der Waals surface area contributed by atoms with E-state index in [1.54, 1.807) is 12.1 Å². The van der Waals surface area contributed by atoms with Crippen molar-refractivity contribution in [3.05, 3.63) is 41.5 Å². The Kier molecular flexibility index (Phi) is 13.1. The van der Waals surface area contributed by atoms with E-state index in [-0.39, 0.29) is 17.9 Å². The van der Waals surface area contributed by atoms with Crippen molar-refractivity contribution in [1.82, 2.24) is 5.32 Å². The van der Waals surface area contributed by atoms with Crippen LogP contribution < -0.4 is 5.32 Å². The fraction of sp³-hybridized carbons (Fsp3) is 0.500. The topological polar surface area (TPSA) is 130 Å². The van der Waals surface area contributed by atoms with E-state index in [0.29, 0.717) is 37.8 Å². The van der Waals surface area contributed by atoms with E-state index < -0.39 is 24.0 Å². The molecule has 0 heterocycles. The van der Waals surface area contributed by atoms with Crippen LogP contribution in [0, 0.1) is 0 Å². The summed E-state index contributed by atoms with van der Waals surface area (Å²) in [7, 11) is 0. The second kappa shape index (κ2) is 15.6. The van der Waals surface area contributed by atoms with Gasteiger partial charge >= 0.3 is 17.9 Å². The van der Waals surface area contributed by atoms with Gasteiger partial charge in [0, 0.05) is 19.0 Å². The first-order valence-electron chi connectivity index (χ1n) is 11.0. The van der Waals surface area contributed by atoms with Crippen LogP contribution in [0.15, 0.2) is 30.3 Å². The zero-order chi connectivity index (χ0) is 23.8. The van der Waals surface area contributed by atoms with E-state index in [9.17, 15) is 19.2 Å². The van der Waals surface area contributed by atoms with Crippen molar-refractivity contribution >= 4 is 29.9 Å². The van der Waals surface area contributed by atoms with E-state index in [4.69, 9.17) is 14.9 Å². The molecule has 0 aliphatic carbocycles. The minimum absolute atomic E-state index is 0.108. The molecule has 0 fully saturated rings. The van der Waals surface area contributed by atoms with Gasteiger partial charge in [0.15, 0.2) is 6.10 Å². The summed E-state index contributed by atoms with van der Waals surface area (Å²) in [5.74, 6) is -2.86. The standard InChI is InChI=1S/C24H33NO7/c1-2-3-4-6-9-20(23(30)25-17-8-5-7-10-21(26)27)32-24(31)19-14-11-18(12-15-19)13-16-22(28)29/h11-16,20H,2-10,17H2,1H3,(H,25,30)(H,26,27)(H,28,29)/b16-13+. The second-order valence-corrected chi connectivity index (χ2v) is 7.53. The molecular formula is C24H33NO7. The molecular weight excluding hydrogens is 414 g/mol. The lowest BCUT2D eigenvalue weighted by molar-refractivity contribution is -0.137. The van der Waals surface area contributed by atoms with Crippen LogP contribution in [0.1, 0.15) is 80.6 Å². The number of carboxylic acid groups (broad SMARTS) is 2. The molecule has 1 unspecified atom stereocenters. The Hall–Kier alpha value is -3.16. The van der Waals surface area contributed by atoms with Crippen molar-refractivity contribution in [2.45, 2.75) is 70.8 Å². The zero-order valence-electron chi connectivity index (χ0n) is 18.5. The summed E-state index contributed by atoms with van der Waals surface area (Å²) in [5.41, 5.74) is 0.901. The predicted octanol–water partition coefficient (Wildman–Crippen LogP) is 4.04. The van der Waals surface area contributed by atoms with Gasteiger partial charge in [-0.1, -0.05) is 44.7 Å². The maximum Gasteiger partial charge on any atom is 0.338 e. The normalized spacial score (nSPS) is 11.8. The SMILES string of the molecule is CCCCCCC(OC(=O)c1ccc(/C=C/C(=O)O)cc1)C(=O)NCCCCCC(=O)O. The number of nitrogens with one attached hydrogen (secondary N) is 1. The first-order chi connectivity index (χ1) is 15.3. The lowest BCUT2D eigenvalue weighted by atomic mass is 10.1. The summed E-state index contributed by atoms with van der Waals surface area (Å²) >= 11 is 0. The van der Waals surface area contributed by atoms with Crippen molar-refractivity contribution < 1.29 is 34.1 Å². The summed E-state index contributed by atoms with van der Waals surface area (Å²) in [4.78, 5) is 46.2. The van der Waals surface area contributed by atoms with Crippen LogP contribution in [-0.2, 0) is 19.1 Å². The number of ether oxygens (including phenoxy) is 1. The lowest BCUT2D eigenvalue weighted by Crippen LogP contribution is -2.38. The number of hydrogen-bond acceptors (Lipinski definition) is 5. The van der Waals surface area contributed by atoms with Gasteiger partial charge in [-0.3, -0.25) is 9.59 Å². The van der Waals surface area contributed by atoms with Crippen molar-refractivity contribution in [2.24, 2.45) is 0 Å². The molecule has 1 atom stereocenters. The van der Waals surface area contributed by atoms with Gasteiger partial charge in [0.1, 0.15) is 0 Å². The highest BCUT2D eigenvalue weighted by Crippen LogP contribution is 2.13. The van der Waals surface area contributed by atoms with Gasteiger partial charge in [0.25, 0.3) is 5.91 Å². The number of carboxylic acids is 2. The number of carbonyl (C=O) groups is 4. The quantitative estimate of drug-likeness (QED) is 0.198. The Morgan fingerprint density at radius 3 is 2.28 bits per heavy atom. The minimum Gasteiger partial charge on any atom is -0.481 e. The number of aliphatic carboxylic acids is 2. The van der Waals surface area contributed by atoms with Crippen LogP contribution in [0.3, 0.4) is 0 Å². The fourth-order valence-corrected chi connectivity index (χ4v) is 3.00. The third kappa shape index (κ3) is 11.9. The maximum absolute atomic E-state index is 12.6. The molecule has 1 rings (SSSR count). The monoisotopic (exact) mass is 447 g/mol. The smallest absolute Gasteiger partial charge is 0.338 e. The van der Waals surface area contributed by atoms with Crippen LogP contribution >= 0.6 is 0 Å². The molecule has 0 aliphatic heterocycles. The van der Waals surface area contributed by atoms with E-state index in [1.807, 2.05) is 0 Å².